The number of nitrogens with zero attached hydrogens (tertiary/aromatic N) is 5. The highest BCUT2D eigenvalue weighted by Crippen LogP contribution is 2.17. The van der Waals surface area contributed by atoms with Gasteiger partial charge in [0, 0.05) is 49.9 Å². The van der Waals surface area contributed by atoms with Gasteiger partial charge in [0.15, 0.2) is 0 Å². The molecule has 0 spiro atoms. The van der Waals surface area contributed by atoms with Crippen LogP contribution in [-0.2, 0) is 13.0 Å². The minimum absolute atomic E-state index is 0.874. The summed E-state index contributed by atoms with van der Waals surface area (Å²) < 4.78 is 0. The Kier molecular flexibility index (Phi) is 5.23. The van der Waals surface area contributed by atoms with Crippen LogP contribution in [0, 0.1) is 13.8 Å². The molecule has 0 N–H and O–H groups in total. The average molecular weight is 331 g/mol. The van der Waals surface area contributed by atoms with Crippen molar-refractivity contribution in [3.8, 4) is 0 Å². The van der Waals surface area contributed by atoms with E-state index >= 15 is 0 Å². The fourth-order valence-electron chi connectivity index (χ4n) is 3.02. The highest BCUT2D eigenvalue weighted by atomic mass is 32.1. The van der Waals surface area contributed by atoms with Gasteiger partial charge in [0.25, 0.3) is 0 Å². The number of hydrogen-bond donors (Lipinski definition) is 0. The van der Waals surface area contributed by atoms with Crippen molar-refractivity contribution in [1.29, 1.82) is 0 Å². The summed E-state index contributed by atoms with van der Waals surface area (Å²) >= 11 is 1.74. The van der Waals surface area contributed by atoms with E-state index in [0.717, 1.165) is 67.9 Å². The zero-order chi connectivity index (χ0) is 16.2. The summed E-state index contributed by atoms with van der Waals surface area (Å²) in [5.41, 5.74) is 2.33. The van der Waals surface area contributed by atoms with Crippen molar-refractivity contribution in [2.45, 2.75) is 40.2 Å². The molecule has 0 saturated carbocycles. The van der Waals surface area contributed by atoms with Crippen LogP contribution in [-0.4, -0.2) is 46.0 Å². The summed E-state index contributed by atoms with van der Waals surface area (Å²) in [5.74, 6) is 1.96. The van der Waals surface area contributed by atoms with Gasteiger partial charge in [-0.25, -0.2) is 15.0 Å². The first-order valence-corrected chi connectivity index (χ1v) is 9.25. The van der Waals surface area contributed by atoms with Gasteiger partial charge in [0.1, 0.15) is 11.6 Å². The molecule has 2 aromatic heterocycles. The molecule has 0 unspecified atom stereocenters. The molecule has 1 aliphatic rings. The molecule has 0 aromatic carbocycles. The van der Waals surface area contributed by atoms with E-state index in [2.05, 4.69) is 50.0 Å². The van der Waals surface area contributed by atoms with E-state index < -0.39 is 0 Å². The molecule has 1 fully saturated rings. The van der Waals surface area contributed by atoms with Gasteiger partial charge in [-0.15, -0.1) is 11.3 Å². The molecule has 0 radical (unpaired) electrons. The predicted molar refractivity (Wildman–Crippen MR) is 95.1 cm³/mol. The normalized spacial score (nSPS) is 16.6. The van der Waals surface area contributed by atoms with E-state index in [4.69, 9.17) is 0 Å². The molecule has 2 aromatic rings. The van der Waals surface area contributed by atoms with Crippen molar-refractivity contribution >= 4 is 17.2 Å². The van der Waals surface area contributed by atoms with Crippen LogP contribution < -0.4 is 4.90 Å². The molecule has 1 aliphatic heterocycles. The van der Waals surface area contributed by atoms with E-state index in [0.29, 0.717) is 0 Å². The number of aromatic nitrogens is 3. The van der Waals surface area contributed by atoms with Crippen LogP contribution in [0.4, 0.5) is 5.82 Å². The van der Waals surface area contributed by atoms with Gasteiger partial charge in [-0.3, -0.25) is 4.90 Å². The molecule has 5 nitrogen and oxygen atoms in total. The Morgan fingerprint density at radius 1 is 1.04 bits per heavy atom. The first-order chi connectivity index (χ1) is 11.1. The largest absolute Gasteiger partial charge is 0.355 e. The Bertz CT molecular complexity index is 654. The van der Waals surface area contributed by atoms with Crippen LogP contribution in [0.15, 0.2) is 11.4 Å². The van der Waals surface area contributed by atoms with Gasteiger partial charge >= 0.3 is 0 Å². The van der Waals surface area contributed by atoms with Gasteiger partial charge in [0.2, 0.25) is 0 Å². The highest BCUT2D eigenvalue weighted by molar-refractivity contribution is 7.09. The Balaban J connectivity index is 1.65. The zero-order valence-corrected chi connectivity index (χ0v) is 15.1. The number of aryl methyl sites for hydroxylation is 3. The monoisotopic (exact) mass is 331 g/mol. The van der Waals surface area contributed by atoms with Crippen LogP contribution in [0.5, 0.6) is 0 Å². The number of hydrogen-bond acceptors (Lipinski definition) is 6. The predicted octanol–water partition coefficient (Wildman–Crippen LogP) is 2.82. The Hall–Kier alpha value is -1.53. The fraction of sp³-hybridized carbons (Fsp3) is 0.588. The number of thiazole rings is 1. The fourth-order valence-corrected chi connectivity index (χ4v) is 3.63. The van der Waals surface area contributed by atoms with Gasteiger partial charge in [-0.05, 0) is 26.7 Å². The second-order valence-corrected chi connectivity index (χ2v) is 7.16. The van der Waals surface area contributed by atoms with Crippen LogP contribution in [0.25, 0.3) is 0 Å². The standard InChI is InChI=1S/C17H25N5S/c1-4-15-10-17(19-13(2)18-15)22-7-5-6-21(8-9-22)11-16-12-23-14(3)20-16/h10,12H,4-9,11H2,1-3H3. The molecule has 6 heteroatoms. The third kappa shape index (κ3) is 4.26. The maximum absolute atomic E-state index is 4.65. The smallest absolute Gasteiger partial charge is 0.132 e. The molecule has 124 valence electrons. The van der Waals surface area contributed by atoms with Crippen molar-refractivity contribution in [2.75, 3.05) is 31.1 Å². The van der Waals surface area contributed by atoms with Gasteiger partial charge in [0.05, 0.1) is 10.7 Å². The summed E-state index contributed by atoms with van der Waals surface area (Å²) in [4.78, 5) is 18.6. The first-order valence-electron chi connectivity index (χ1n) is 8.37. The lowest BCUT2D eigenvalue weighted by molar-refractivity contribution is 0.282. The van der Waals surface area contributed by atoms with E-state index in [-0.39, 0.29) is 0 Å². The van der Waals surface area contributed by atoms with E-state index in [1.807, 2.05) is 6.92 Å². The molecule has 1 saturated heterocycles. The number of rotatable bonds is 4. The molecule has 23 heavy (non-hydrogen) atoms. The lowest BCUT2D eigenvalue weighted by Crippen LogP contribution is -2.31. The molecule has 3 rings (SSSR count). The van der Waals surface area contributed by atoms with Crippen molar-refractivity contribution in [1.82, 2.24) is 19.9 Å². The maximum atomic E-state index is 4.65. The molecule has 0 bridgehead atoms. The van der Waals surface area contributed by atoms with Gasteiger partial charge < -0.3 is 4.90 Å². The van der Waals surface area contributed by atoms with E-state index in [1.165, 1.54) is 5.69 Å². The van der Waals surface area contributed by atoms with Crippen LogP contribution in [0.3, 0.4) is 0 Å². The first kappa shape index (κ1) is 16.3. The van der Waals surface area contributed by atoms with Crippen molar-refractivity contribution < 1.29 is 0 Å². The maximum Gasteiger partial charge on any atom is 0.132 e. The summed E-state index contributed by atoms with van der Waals surface area (Å²) in [7, 11) is 0. The van der Waals surface area contributed by atoms with E-state index in [9.17, 15) is 0 Å². The molecule has 0 aliphatic carbocycles. The molecular formula is C17H25N5S. The van der Waals surface area contributed by atoms with Crippen molar-refractivity contribution in [2.24, 2.45) is 0 Å². The minimum atomic E-state index is 0.874. The quantitative estimate of drug-likeness (QED) is 0.862. The Morgan fingerprint density at radius 2 is 1.91 bits per heavy atom. The summed E-state index contributed by atoms with van der Waals surface area (Å²) in [6.07, 6.45) is 2.12. The van der Waals surface area contributed by atoms with Crippen molar-refractivity contribution in [3.05, 3.63) is 33.7 Å². The lowest BCUT2D eigenvalue weighted by atomic mass is 10.3. The Labute approximate surface area is 142 Å². The Morgan fingerprint density at radius 3 is 2.65 bits per heavy atom. The van der Waals surface area contributed by atoms with Crippen molar-refractivity contribution in [3.63, 3.8) is 0 Å². The second-order valence-electron chi connectivity index (χ2n) is 6.09. The SMILES string of the molecule is CCc1cc(N2CCCN(Cc3csc(C)n3)CC2)nc(C)n1. The lowest BCUT2D eigenvalue weighted by Gasteiger charge is -2.23. The third-order valence-electron chi connectivity index (χ3n) is 4.20. The van der Waals surface area contributed by atoms with E-state index in [1.54, 1.807) is 11.3 Å². The second kappa shape index (κ2) is 7.36. The van der Waals surface area contributed by atoms with Crippen LogP contribution in [0.1, 0.15) is 35.6 Å². The van der Waals surface area contributed by atoms with Gasteiger partial charge in [-0.2, -0.15) is 0 Å². The molecule has 0 amide bonds. The molecule has 0 atom stereocenters. The number of anilines is 1. The highest BCUT2D eigenvalue weighted by Gasteiger charge is 2.17. The summed E-state index contributed by atoms with van der Waals surface area (Å²) in [5, 5.41) is 3.33. The third-order valence-corrected chi connectivity index (χ3v) is 5.03. The van der Waals surface area contributed by atoms with Crippen LogP contribution >= 0.6 is 11.3 Å². The van der Waals surface area contributed by atoms with Crippen LogP contribution in [0.2, 0.25) is 0 Å². The molecular weight excluding hydrogens is 306 g/mol. The molecule has 3 heterocycles. The zero-order valence-electron chi connectivity index (χ0n) is 14.2. The minimum Gasteiger partial charge on any atom is -0.355 e. The topological polar surface area (TPSA) is 45.2 Å². The summed E-state index contributed by atoms with van der Waals surface area (Å²) in [6.45, 7) is 11.4. The summed E-state index contributed by atoms with van der Waals surface area (Å²) in [6, 6.07) is 2.15. The average Bonchev–Trinajstić information content (AvgIpc) is 2.80. The van der Waals surface area contributed by atoms with Gasteiger partial charge in [-0.1, -0.05) is 6.92 Å².